The molecule has 5 nitrogen and oxygen atoms in total. The summed E-state index contributed by atoms with van der Waals surface area (Å²) in [6.07, 6.45) is 0. The van der Waals surface area contributed by atoms with Gasteiger partial charge >= 0.3 is 0 Å². The van der Waals surface area contributed by atoms with Gasteiger partial charge in [-0.15, -0.1) is 0 Å². The molecule has 5 heteroatoms. The maximum Gasteiger partial charge on any atom is 0.260 e. The first kappa shape index (κ1) is 22.9. The summed E-state index contributed by atoms with van der Waals surface area (Å²) in [6, 6.07) is 24.9. The maximum absolute atomic E-state index is 12.8. The second kappa shape index (κ2) is 10.5. The van der Waals surface area contributed by atoms with E-state index in [0.717, 1.165) is 13.1 Å². The van der Waals surface area contributed by atoms with Gasteiger partial charge in [-0.25, -0.2) is 0 Å². The number of aryl methyl sites for hydroxylation is 2. The molecular formula is C28H32N2O3. The average molecular weight is 445 g/mol. The number of para-hydroxylation sites is 2. The van der Waals surface area contributed by atoms with E-state index in [0.29, 0.717) is 24.6 Å². The van der Waals surface area contributed by atoms with Crippen molar-refractivity contribution in [2.45, 2.75) is 19.9 Å². The predicted octanol–water partition coefficient (Wildman–Crippen LogP) is 4.62. The molecule has 0 radical (unpaired) electrons. The van der Waals surface area contributed by atoms with Crippen LogP contribution >= 0.6 is 0 Å². The molecule has 0 bridgehead atoms. The lowest BCUT2D eigenvalue weighted by Crippen LogP contribution is -2.51. The molecule has 172 valence electrons. The Morgan fingerprint density at radius 3 is 2.24 bits per heavy atom. The van der Waals surface area contributed by atoms with E-state index in [2.05, 4.69) is 67.3 Å². The van der Waals surface area contributed by atoms with Crippen LogP contribution in [0.1, 0.15) is 28.3 Å². The molecule has 0 spiro atoms. The van der Waals surface area contributed by atoms with Crippen molar-refractivity contribution in [2.75, 3.05) is 39.9 Å². The first-order valence-electron chi connectivity index (χ1n) is 11.5. The number of ether oxygens (including phenoxy) is 2. The van der Waals surface area contributed by atoms with E-state index in [4.69, 9.17) is 9.47 Å². The van der Waals surface area contributed by atoms with Crippen LogP contribution in [0.15, 0.2) is 72.8 Å². The van der Waals surface area contributed by atoms with Crippen molar-refractivity contribution < 1.29 is 14.3 Å². The Morgan fingerprint density at radius 1 is 0.879 bits per heavy atom. The molecule has 0 aliphatic carbocycles. The highest BCUT2D eigenvalue weighted by Crippen LogP contribution is 2.32. The van der Waals surface area contributed by atoms with Gasteiger partial charge in [-0.1, -0.05) is 66.2 Å². The molecular weight excluding hydrogens is 412 g/mol. The van der Waals surface area contributed by atoms with Crippen molar-refractivity contribution in [1.29, 1.82) is 0 Å². The van der Waals surface area contributed by atoms with E-state index in [1.165, 1.54) is 22.3 Å². The van der Waals surface area contributed by atoms with Crippen LogP contribution in [0.4, 0.5) is 0 Å². The molecule has 1 fully saturated rings. The van der Waals surface area contributed by atoms with Gasteiger partial charge in [0.1, 0.15) is 0 Å². The van der Waals surface area contributed by atoms with Gasteiger partial charge in [0.25, 0.3) is 5.91 Å². The fourth-order valence-electron chi connectivity index (χ4n) is 4.48. The highest BCUT2D eigenvalue weighted by atomic mass is 16.5. The summed E-state index contributed by atoms with van der Waals surface area (Å²) in [5.74, 6) is 1.23. The number of carbonyl (C=O) groups excluding carboxylic acids is 1. The zero-order valence-electron chi connectivity index (χ0n) is 19.7. The number of piperazine rings is 1. The number of carbonyl (C=O) groups is 1. The Labute approximate surface area is 196 Å². The Morgan fingerprint density at radius 2 is 1.55 bits per heavy atom. The smallest absolute Gasteiger partial charge is 0.260 e. The zero-order chi connectivity index (χ0) is 23.2. The standard InChI is InChI=1S/C28H32N2O3/c1-21-13-14-22(2)24(19-21)28(23-9-5-4-6-10-23)30-17-15-29(16-18-30)27(31)20-33-26-12-8-7-11-25(26)32-3/h4-14,19,28H,15-18,20H2,1-3H3/t28-/m0/s1. The topological polar surface area (TPSA) is 42.0 Å². The first-order chi connectivity index (χ1) is 16.1. The lowest BCUT2D eigenvalue weighted by molar-refractivity contribution is -0.135. The predicted molar refractivity (Wildman–Crippen MR) is 131 cm³/mol. The Balaban J connectivity index is 1.44. The maximum atomic E-state index is 12.8. The fraction of sp³-hybridized carbons (Fsp3) is 0.321. The molecule has 1 aliphatic heterocycles. The van der Waals surface area contributed by atoms with E-state index in [9.17, 15) is 4.79 Å². The first-order valence-corrected chi connectivity index (χ1v) is 11.5. The van der Waals surface area contributed by atoms with Crippen molar-refractivity contribution in [3.05, 3.63) is 95.1 Å². The van der Waals surface area contributed by atoms with Gasteiger partial charge in [-0.3, -0.25) is 9.69 Å². The number of amides is 1. The van der Waals surface area contributed by atoms with Crippen molar-refractivity contribution in [3.63, 3.8) is 0 Å². The molecule has 1 amide bonds. The second-order valence-electron chi connectivity index (χ2n) is 8.53. The third-order valence-electron chi connectivity index (χ3n) is 6.30. The summed E-state index contributed by atoms with van der Waals surface area (Å²) in [5.41, 5.74) is 5.17. The summed E-state index contributed by atoms with van der Waals surface area (Å²) < 4.78 is 11.1. The van der Waals surface area contributed by atoms with Gasteiger partial charge in [0.15, 0.2) is 18.1 Å². The van der Waals surface area contributed by atoms with E-state index in [-0.39, 0.29) is 18.6 Å². The third-order valence-corrected chi connectivity index (χ3v) is 6.30. The number of rotatable bonds is 7. The van der Waals surface area contributed by atoms with Crippen LogP contribution in [0, 0.1) is 13.8 Å². The van der Waals surface area contributed by atoms with Crippen LogP contribution < -0.4 is 9.47 Å². The Kier molecular flexibility index (Phi) is 7.30. The lowest BCUT2D eigenvalue weighted by Gasteiger charge is -2.40. The molecule has 4 rings (SSSR count). The minimum Gasteiger partial charge on any atom is -0.493 e. The molecule has 3 aromatic rings. The van der Waals surface area contributed by atoms with Gasteiger partial charge in [0.05, 0.1) is 13.2 Å². The number of hydrogen-bond donors (Lipinski definition) is 0. The summed E-state index contributed by atoms with van der Waals surface area (Å²) in [4.78, 5) is 17.2. The highest BCUT2D eigenvalue weighted by Gasteiger charge is 2.29. The van der Waals surface area contributed by atoms with Crippen LogP contribution in [-0.2, 0) is 4.79 Å². The van der Waals surface area contributed by atoms with Gasteiger partial charge in [-0.2, -0.15) is 0 Å². The van der Waals surface area contributed by atoms with E-state index in [1.54, 1.807) is 7.11 Å². The van der Waals surface area contributed by atoms with E-state index in [1.807, 2.05) is 29.2 Å². The van der Waals surface area contributed by atoms with Crippen molar-refractivity contribution in [3.8, 4) is 11.5 Å². The van der Waals surface area contributed by atoms with Crippen molar-refractivity contribution in [2.24, 2.45) is 0 Å². The molecule has 0 saturated carbocycles. The largest absolute Gasteiger partial charge is 0.493 e. The summed E-state index contributed by atoms with van der Waals surface area (Å²) >= 11 is 0. The lowest BCUT2D eigenvalue weighted by atomic mass is 9.92. The molecule has 1 atom stereocenters. The van der Waals surface area contributed by atoms with Crippen molar-refractivity contribution in [1.82, 2.24) is 9.80 Å². The number of nitrogens with zero attached hydrogens (tertiary/aromatic N) is 2. The Bertz CT molecular complexity index is 1080. The SMILES string of the molecule is COc1ccccc1OCC(=O)N1CCN([C@@H](c2ccccc2)c2cc(C)ccc2C)CC1. The van der Waals surface area contributed by atoms with Gasteiger partial charge < -0.3 is 14.4 Å². The normalized spacial score (nSPS) is 15.2. The summed E-state index contributed by atoms with van der Waals surface area (Å²) in [6.45, 7) is 7.33. The molecule has 0 aromatic heterocycles. The van der Waals surface area contributed by atoms with E-state index < -0.39 is 0 Å². The number of methoxy groups -OCH3 is 1. The minimum absolute atomic E-state index is 0.00329. The van der Waals surface area contributed by atoms with Crippen molar-refractivity contribution >= 4 is 5.91 Å². The number of benzene rings is 3. The molecule has 1 aliphatic rings. The molecule has 1 heterocycles. The van der Waals surface area contributed by atoms with Gasteiger partial charge in [-0.05, 0) is 42.7 Å². The fourth-order valence-corrected chi connectivity index (χ4v) is 4.48. The molecule has 3 aromatic carbocycles. The van der Waals surface area contributed by atoms with Crippen LogP contribution in [0.25, 0.3) is 0 Å². The van der Waals surface area contributed by atoms with Crippen LogP contribution in [0.2, 0.25) is 0 Å². The average Bonchev–Trinajstić information content (AvgIpc) is 2.86. The minimum atomic E-state index is 0.00329. The van der Waals surface area contributed by atoms with Gasteiger partial charge in [0, 0.05) is 26.2 Å². The summed E-state index contributed by atoms with van der Waals surface area (Å²) in [7, 11) is 1.60. The summed E-state index contributed by atoms with van der Waals surface area (Å²) in [5, 5.41) is 0. The molecule has 33 heavy (non-hydrogen) atoms. The molecule has 0 N–H and O–H groups in total. The quantitative estimate of drug-likeness (QED) is 0.533. The van der Waals surface area contributed by atoms with Crippen LogP contribution in [-0.4, -0.2) is 55.6 Å². The molecule has 1 saturated heterocycles. The zero-order valence-corrected chi connectivity index (χ0v) is 19.7. The highest BCUT2D eigenvalue weighted by molar-refractivity contribution is 5.78. The second-order valence-corrected chi connectivity index (χ2v) is 8.53. The molecule has 0 unspecified atom stereocenters. The van der Waals surface area contributed by atoms with Gasteiger partial charge in [0.2, 0.25) is 0 Å². The number of hydrogen-bond acceptors (Lipinski definition) is 4. The Hall–Kier alpha value is -3.31. The van der Waals surface area contributed by atoms with E-state index >= 15 is 0 Å². The monoisotopic (exact) mass is 444 g/mol. The van der Waals surface area contributed by atoms with Crippen LogP contribution in [0.3, 0.4) is 0 Å². The van der Waals surface area contributed by atoms with Crippen LogP contribution in [0.5, 0.6) is 11.5 Å². The third kappa shape index (κ3) is 5.37.